The summed E-state index contributed by atoms with van der Waals surface area (Å²) in [5.74, 6) is 2.56. The third-order valence-corrected chi connectivity index (χ3v) is 4.71. The van der Waals surface area contributed by atoms with E-state index in [-0.39, 0.29) is 0 Å². The van der Waals surface area contributed by atoms with Crippen LogP contribution in [0.25, 0.3) is 22.6 Å². The number of pyridine rings is 1. The monoisotopic (exact) mass is 388 g/mol. The van der Waals surface area contributed by atoms with Gasteiger partial charge >= 0.3 is 0 Å². The van der Waals surface area contributed by atoms with E-state index in [4.69, 9.17) is 10.1 Å². The Morgan fingerprint density at radius 2 is 1.83 bits per heavy atom. The van der Waals surface area contributed by atoms with E-state index in [0.29, 0.717) is 5.82 Å². The zero-order valence-electron chi connectivity index (χ0n) is 16.7. The van der Waals surface area contributed by atoms with Crippen molar-refractivity contribution in [3.63, 3.8) is 0 Å². The smallest absolute Gasteiger partial charge is 0.198 e. The van der Waals surface area contributed by atoms with Crippen molar-refractivity contribution >= 4 is 0 Å². The molecule has 0 fully saturated rings. The van der Waals surface area contributed by atoms with Crippen LogP contribution in [-0.4, -0.2) is 40.4 Å². The van der Waals surface area contributed by atoms with E-state index in [1.807, 2.05) is 16.8 Å². The Hall–Kier alpha value is -3.42. The van der Waals surface area contributed by atoms with Crippen LogP contribution in [0.2, 0.25) is 0 Å². The number of nitrogens with one attached hydrogen (secondary N) is 1. The summed E-state index contributed by atoms with van der Waals surface area (Å²) in [6.45, 7) is 5.04. The van der Waals surface area contributed by atoms with Crippen LogP contribution in [-0.2, 0) is 19.4 Å². The van der Waals surface area contributed by atoms with Gasteiger partial charge in [-0.1, -0.05) is 44.2 Å². The molecule has 0 saturated carbocycles. The van der Waals surface area contributed by atoms with Crippen molar-refractivity contribution in [3.8, 4) is 22.6 Å². The number of benzene rings is 1. The molecule has 148 valence electrons. The highest BCUT2D eigenvalue weighted by atomic mass is 15.5. The highest BCUT2D eigenvalue weighted by Gasteiger charge is 2.13. The molecule has 0 aliphatic carbocycles. The molecule has 3 heterocycles. The largest absolute Gasteiger partial charge is 0.252 e. The lowest BCUT2D eigenvalue weighted by Crippen LogP contribution is -2.07. The number of aromatic nitrogens is 8. The van der Waals surface area contributed by atoms with E-state index in [1.54, 1.807) is 6.20 Å². The Kier molecular flexibility index (Phi) is 5.69. The molecular weight excluding hydrogens is 364 g/mol. The number of hydrogen-bond acceptors (Lipinski definition) is 6. The fraction of sp³-hybridized carbons (Fsp3) is 0.333. The number of H-pyrrole nitrogens is 1. The molecule has 1 N–H and O–H groups in total. The van der Waals surface area contributed by atoms with Gasteiger partial charge < -0.3 is 0 Å². The molecule has 8 nitrogen and oxygen atoms in total. The van der Waals surface area contributed by atoms with Crippen LogP contribution in [0, 0.1) is 0 Å². The van der Waals surface area contributed by atoms with Gasteiger partial charge in [0, 0.05) is 24.6 Å². The standard InChI is InChI=1S/C21H24N8/c1-3-6-18-23-19(7-4-2)29(26-18)14-15-9-11-16(12-10-15)17-8-5-13-22-20(17)21-24-27-28-25-21/h5,8-13H,3-4,6-7,14H2,1-2H3,(H,24,25,27,28). The van der Waals surface area contributed by atoms with Crippen molar-refractivity contribution in [2.75, 3.05) is 0 Å². The van der Waals surface area contributed by atoms with Gasteiger partial charge in [-0.05, 0) is 40.5 Å². The molecule has 0 aliphatic rings. The Balaban J connectivity index is 1.59. The molecule has 0 aliphatic heterocycles. The third kappa shape index (κ3) is 4.21. The van der Waals surface area contributed by atoms with Gasteiger partial charge in [-0.2, -0.15) is 5.10 Å². The Morgan fingerprint density at radius 1 is 1.00 bits per heavy atom. The molecule has 4 aromatic rings. The summed E-state index contributed by atoms with van der Waals surface area (Å²) in [6, 6.07) is 12.4. The van der Waals surface area contributed by atoms with Gasteiger partial charge in [0.25, 0.3) is 0 Å². The van der Waals surface area contributed by atoms with E-state index in [2.05, 4.69) is 63.7 Å². The summed E-state index contributed by atoms with van der Waals surface area (Å²) >= 11 is 0. The van der Waals surface area contributed by atoms with E-state index in [9.17, 15) is 0 Å². The topological polar surface area (TPSA) is 98.1 Å². The maximum atomic E-state index is 4.71. The molecule has 1 aromatic carbocycles. The lowest BCUT2D eigenvalue weighted by molar-refractivity contribution is 0.623. The quantitative estimate of drug-likeness (QED) is 0.496. The molecule has 0 bridgehead atoms. The van der Waals surface area contributed by atoms with Crippen molar-refractivity contribution in [2.45, 2.75) is 46.1 Å². The van der Waals surface area contributed by atoms with Crippen molar-refractivity contribution < 1.29 is 0 Å². The maximum absolute atomic E-state index is 4.71. The molecule has 0 amide bonds. The van der Waals surface area contributed by atoms with Crippen LogP contribution < -0.4 is 0 Å². The van der Waals surface area contributed by atoms with Crippen LogP contribution in [0.4, 0.5) is 0 Å². The molecule has 0 unspecified atom stereocenters. The predicted octanol–water partition coefficient (Wildman–Crippen LogP) is 3.47. The lowest BCUT2D eigenvalue weighted by atomic mass is 10.0. The number of aromatic amines is 1. The van der Waals surface area contributed by atoms with Gasteiger partial charge in [-0.25, -0.2) is 14.8 Å². The average molecular weight is 388 g/mol. The molecule has 29 heavy (non-hydrogen) atoms. The van der Waals surface area contributed by atoms with Crippen molar-refractivity contribution in [1.29, 1.82) is 0 Å². The van der Waals surface area contributed by atoms with Crippen molar-refractivity contribution in [2.24, 2.45) is 0 Å². The van der Waals surface area contributed by atoms with E-state index in [0.717, 1.165) is 60.7 Å². The van der Waals surface area contributed by atoms with Gasteiger partial charge in [-0.3, -0.25) is 4.98 Å². The summed E-state index contributed by atoms with van der Waals surface area (Å²) in [7, 11) is 0. The van der Waals surface area contributed by atoms with Gasteiger partial charge in [0.15, 0.2) is 11.6 Å². The van der Waals surface area contributed by atoms with Crippen LogP contribution in [0.3, 0.4) is 0 Å². The SMILES string of the molecule is CCCc1nc(CCC)n(Cc2ccc(-c3cccnc3-c3nnn[nH]3)cc2)n1. The van der Waals surface area contributed by atoms with E-state index < -0.39 is 0 Å². The molecule has 0 radical (unpaired) electrons. The number of hydrogen-bond donors (Lipinski definition) is 1. The zero-order valence-corrected chi connectivity index (χ0v) is 16.7. The third-order valence-electron chi connectivity index (χ3n) is 4.71. The van der Waals surface area contributed by atoms with Crippen LogP contribution >= 0.6 is 0 Å². The number of rotatable bonds is 8. The summed E-state index contributed by atoms with van der Waals surface area (Å²) in [6.07, 6.45) is 5.72. The Bertz CT molecular complexity index is 1050. The van der Waals surface area contributed by atoms with Crippen molar-refractivity contribution in [3.05, 3.63) is 59.8 Å². The van der Waals surface area contributed by atoms with Crippen LogP contribution in [0.5, 0.6) is 0 Å². The van der Waals surface area contributed by atoms with E-state index in [1.165, 1.54) is 5.56 Å². The molecule has 0 spiro atoms. The maximum Gasteiger partial charge on any atom is 0.198 e. The minimum atomic E-state index is 0.556. The normalized spacial score (nSPS) is 11.1. The van der Waals surface area contributed by atoms with Crippen LogP contribution in [0.1, 0.15) is 43.9 Å². The lowest BCUT2D eigenvalue weighted by Gasteiger charge is -2.09. The molecule has 0 atom stereocenters. The number of nitrogens with zero attached hydrogens (tertiary/aromatic N) is 7. The van der Waals surface area contributed by atoms with E-state index >= 15 is 0 Å². The molecule has 0 saturated heterocycles. The second-order valence-electron chi connectivity index (χ2n) is 6.95. The van der Waals surface area contributed by atoms with Gasteiger partial charge in [-0.15, -0.1) is 5.10 Å². The summed E-state index contributed by atoms with van der Waals surface area (Å²) in [5, 5.41) is 18.8. The number of aryl methyl sites for hydroxylation is 2. The first-order valence-electron chi connectivity index (χ1n) is 9.99. The second kappa shape index (κ2) is 8.72. The Labute approximate surface area is 169 Å². The Morgan fingerprint density at radius 3 is 2.55 bits per heavy atom. The van der Waals surface area contributed by atoms with Gasteiger partial charge in [0.2, 0.25) is 0 Å². The summed E-state index contributed by atoms with van der Waals surface area (Å²) in [4.78, 5) is 9.16. The first-order valence-corrected chi connectivity index (χ1v) is 9.99. The van der Waals surface area contributed by atoms with Crippen molar-refractivity contribution in [1.82, 2.24) is 40.4 Å². The zero-order chi connectivity index (χ0) is 20.1. The number of tetrazole rings is 1. The highest BCUT2D eigenvalue weighted by Crippen LogP contribution is 2.28. The molecule has 8 heteroatoms. The summed E-state index contributed by atoms with van der Waals surface area (Å²) in [5.41, 5.74) is 3.96. The highest BCUT2D eigenvalue weighted by molar-refractivity contribution is 5.77. The van der Waals surface area contributed by atoms with Crippen LogP contribution in [0.15, 0.2) is 42.6 Å². The van der Waals surface area contributed by atoms with Gasteiger partial charge in [0.1, 0.15) is 11.5 Å². The molecule has 3 aromatic heterocycles. The fourth-order valence-electron chi connectivity index (χ4n) is 3.34. The predicted molar refractivity (Wildman–Crippen MR) is 110 cm³/mol. The average Bonchev–Trinajstić information content (AvgIpc) is 3.40. The first-order chi connectivity index (χ1) is 14.3. The second-order valence-corrected chi connectivity index (χ2v) is 6.95. The molecule has 4 rings (SSSR count). The minimum absolute atomic E-state index is 0.556. The summed E-state index contributed by atoms with van der Waals surface area (Å²) < 4.78 is 2.04. The van der Waals surface area contributed by atoms with Gasteiger partial charge in [0.05, 0.1) is 6.54 Å². The molecular formula is C21H24N8. The minimum Gasteiger partial charge on any atom is -0.252 e. The fourth-order valence-corrected chi connectivity index (χ4v) is 3.34. The first kappa shape index (κ1) is 18.9.